The van der Waals surface area contributed by atoms with Gasteiger partial charge in [0.2, 0.25) is 5.89 Å². The first-order valence-electron chi connectivity index (χ1n) is 8.43. The summed E-state index contributed by atoms with van der Waals surface area (Å²) in [7, 11) is 0. The molecule has 2 aromatic carbocycles. The molecule has 0 saturated carbocycles. The highest BCUT2D eigenvalue weighted by Crippen LogP contribution is 2.28. The van der Waals surface area contributed by atoms with Gasteiger partial charge in [-0.2, -0.15) is 0 Å². The largest absolute Gasteiger partial charge is 0.411 e. The minimum atomic E-state index is 0.0216. The number of imidazole rings is 1. The number of halogens is 1. The quantitative estimate of drug-likeness (QED) is 0.485. The van der Waals surface area contributed by atoms with E-state index in [2.05, 4.69) is 15.2 Å². The predicted octanol–water partition coefficient (Wildman–Crippen LogP) is 4.33. The summed E-state index contributed by atoms with van der Waals surface area (Å²) in [4.78, 5) is 4.64. The first-order valence-corrected chi connectivity index (χ1v) is 9.79. The molecule has 0 bridgehead atoms. The Morgan fingerprint density at radius 1 is 1.15 bits per heavy atom. The Kier molecular flexibility index (Phi) is 5.15. The Labute approximate surface area is 165 Å². The fourth-order valence-electron chi connectivity index (χ4n) is 2.81. The van der Waals surface area contributed by atoms with Gasteiger partial charge in [-0.1, -0.05) is 41.1 Å². The van der Waals surface area contributed by atoms with E-state index in [9.17, 15) is 5.11 Å². The Balaban J connectivity index is 1.55. The van der Waals surface area contributed by atoms with Crippen LogP contribution < -0.4 is 0 Å². The highest BCUT2D eigenvalue weighted by molar-refractivity contribution is 7.98. The van der Waals surface area contributed by atoms with E-state index in [1.807, 2.05) is 54.0 Å². The van der Waals surface area contributed by atoms with Gasteiger partial charge in [0.25, 0.3) is 5.22 Å². The Morgan fingerprint density at radius 2 is 1.96 bits per heavy atom. The molecule has 0 unspecified atom stereocenters. The van der Waals surface area contributed by atoms with E-state index in [1.165, 1.54) is 17.3 Å². The summed E-state index contributed by atoms with van der Waals surface area (Å²) < 4.78 is 7.72. The Hall–Kier alpha value is -2.35. The van der Waals surface area contributed by atoms with Gasteiger partial charge in [-0.05, 0) is 37.3 Å². The van der Waals surface area contributed by atoms with E-state index < -0.39 is 0 Å². The monoisotopic (exact) mass is 400 g/mol. The van der Waals surface area contributed by atoms with E-state index >= 15 is 0 Å². The van der Waals surface area contributed by atoms with Gasteiger partial charge in [-0.3, -0.25) is 0 Å². The second-order valence-corrected chi connectivity index (χ2v) is 7.43. The van der Waals surface area contributed by atoms with Crippen LogP contribution >= 0.6 is 23.4 Å². The molecule has 8 heteroatoms. The molecule has 27 heavy (non-hydrogen) atoms. The average molecular weight is 401 g/mol. The summed E-state index contributed by atoms with van der Waals surface area (Å²) in [5.74, 6) is 1.86. The number of hydrogen-bond acceptors (Lipinski definition) is 6. The summed E-state index contributed by atoms with van der Waals surface area (Å²) in [5, 5.41) is 18.7. The van der Waals surface area contributed by atoms with E-state index in [0.717, 1.165) is 22.4 Å². The summed E-state index contributed by atoms with van der Waals surface area (Å²) >= 11 is 7.52. The first-order chi connectivity index (χ1) is 13.1. The molecule has 2 heterocycles. The normalized spacial score (nSPS) is 11.4. The van der Waals surface area contributed by atoms with Crippen molar-refractivity contribution in [1.29, 1.82) is 0 Å². The first kappa shape index (κ1) is 18.0. The third kappa shape index (κ3) is 3.85. The number of aliphatic hydroxyl groups is 1. The Morgan fingerprint density at radius 3 is 2.74 bits per heavy atom. The molecule has 0 amide bonds. The lowest BCUT2D eigenvalue weighted by atomic mass is 10.1. The molecule has 0 spiro atoms. The van der Waals surface area contributed by atoms with Gasteiger partial charge in [0.05, 0.1) is 23.4 Å². The van der Waals surface area contributed by atoms with Gasteiger partial charge in [0.1, 0.15) is 5.82 Å². The van der Waals surface area contributed by atoms with Gasteiger partial charge < -0.3 is 14.1 Å². The van der Waals surface area contributed by atoms with Crippen molar-refractivity contribution in [3.8, 4) is 11.5 Å². The number of thioether (sulfide) groups is 1. The molecule has 0 saturated heterocycles. The lowest BCUT2D eigenvalue weighted by Gasteiger charge is -2.06. The van der Waals surface area contributed by atoms with Crippen molar-refractivity contribution < 1.29 is 9.52 Å². The zero-order valence-electron chi connectivity index (χ0n) is 14.6. The predicted molar refractivity (Wildman–Crippen MR) is 106 cm³/mol. The van der Waals surface area contributed by atoms with Crippen LogP contribution in [0.25, 0.3) is 22.5 Å². The third-order valence-electron chi connectivity index (χ3n) is 4.14. The number of aryl methyl sites for hydroxylation is 1. The maximum Gasteiger partial charge on any atom is 0.277 e. The van der Waals surface area contributed by atoms with Crippen LogP contribution in [0.15, 0.2) is 52.1 Å². The summed E-state index contributed by atoms with van der Waals surface area (Å²) in [6, 6.07) is 13.5. The van der Waals surface area contributed by atoms with Gasteiger partial charge in [-0.25, -0.2) is 4.98 Å². The second-order valence-electron chi connectivity index (χ2n) is 6.06. The van der Waals surface area contributed by atoms with Crippen molar-refractivity contribution in [2.24, 2.45) is 0 Å². The molecule has 1 N–H and O–H groups in total. The van der Waals surface area contributed by atoms with Crippen molar-refractivity contribution in [1.82, 2.24) is 19.7 Å². The zero-order chi connectivity index (χ0) is 18.8. The van der Waals surface area contributed by atoms with E-state index in [4.69, 9.17) is 16.0 Å². The lowest BCUT2D eigenvalue weighted by Crippen LogP contribution is -2.06. The third-order valence-corrected chi connectivity index (χ3v) is 5.19. The summed E-state index contributed by atoms with van der Waals surface area (Å²) in [6.07, 6.45) is 0. The molecular weight excluding hydrogens is 384 g/mol. The number of aromatic nitrogens is 4. The zero-order valence-corrected chi connectivity index (χ0v) is 16.2. The van der Waals surface area contributed by atoms with Gasteiger partial charge in [0, 0.05) is 17.1 Å². The number of benzene rings is 2. The topological polar surface area (TPSA) is 77.0 Å². The Bertz CT molecular complexity index is 1080. The molecule has 2 aromatic heterocycles. The van der Waals surface area contributed by atoms with Crippen LogP contribution in [-0.2, 0) is 12.3 Å². The SMILES string of the molecule is Cc1ccc(-c2nnc(SCc3nc4ccc(Cl)cc4n3CCO)o2)cc1. The molecule has 6 nitrogen and oxygen atoms in total. The highest BCUT2D eigenvalue weighted by atomic mass is 35.5. The van der Waals surface area contributed by atoms with Crippen molar-refractivity contribution in [3.63, 3.8) is 0 Å². The van der Waals surface area contributed by atoms with Crippen LogP contribution in [0.4, 0.5) is 0 Å². The van der Waals surface area contributed by atoms with Gasteiger partial charge in [-0.15, -0.1) is 10.2 Å². The number of rotatable bonds is 6. The minimum absolute atomic E-state index is 0.0216. The molecule has 0 aliphatic heterocycles. The molecule has 0 aliphatic carbocycles. The summed E-state index contributed by atoms with van der Waals surface area (Å²) in [6.45, 7) is 2.50. The highest BCUT2D eigenvalue weighted by Gasteiger charge is 2.14. The molecule has 0 atom stereocenters. The van der Waals surface area contributed by atoms with Crippen LogP contribution in [0.2, 0.25) is 5.02 Å². The average Bonchev–Trinajstić information content (AvgIpc) is 3.26. The number of hydrogen-bond donors (Lipinski definition) is 1. The van der Waals surface area contributed by atoms with Crippen LogP contribution in [0.3, 0.4) is 0 Å². The van der Waals surface area contributed by atoms with E-state index in [1.54, 1.807) is 0 Å². The van der Waals surface area contributed by atoms with E-state index in [0.29, 0.717) is 28.4 Å². The molecule has 0 aliphatic rings. The fraction of sp³-hybridized carbons (Fsp3) is 0.211. The maximum absolute atomic E-state index is 9.40. The van der Waals surface area contributed by atoms with Crippen LogP contribution in [0.1, 0.15) is 11.4 Å². The molecular formula is C19H17ClN4O2S. The van der Waals surface area contributed by atoms with Gasteiger partial charge >= 0.3 is 0 Å². The van der Waals surface area contributed by atoms with Crippen molar-refractivity contribution in [3.05, 3.63) is 58.9 Å². The number of nitrogens with zero attached hydrogens (tertiary/aromatic N) is 4. The van der Waals surface area contributed by atoms with Crippen LogP contribution in [-0.4, -0.2) is 31.5 Å². The summed E-state index contributed by atoms with van der Waals surface area (Å²) in [5.41, 5.74) is 3.81. The lowest BCUT2D eigenvalue weighted by molar-refractivity contribution is 0.276. The molecule has 138 valence electrons. The number of fused-ring (bicyclic) bond motifs is 1. The van der Waals surface area contributed by atoms with E-state index in [-0.39, 0.29) is 6.61 Å². The van der Waals surface area contributed by atoms with Crippen molar-refractivity contribution in [2.45, 2.75) is 24.4 Å². The molecule has 0 radical (unpaired) electrons. The van der Waals surface area contributed by atoms with Crippen molar-refractivity contribution >= 4 is 34.4 Å². The molecule has 0 fully saturated rings. The standard InChI is InChI=1S/C19H17ClN4O2S/c1-12-2-4-13(5-3-12)18-22-23-19(26-18)27-11-17-21-15-7-6-14(20)10-16(15)24(17)8-9-25/h2-7,10,25H,8-9,11H2,1H3. The van der Waals surface area contributed by atoms with Crippen LogP contribution in [0.5, 0.6) is 0 Å². The minimum Gasteiger partial charge on any atom is -0.411 e. The molecule has 4 rings (SSSR count). The van der Waals surface area contributed by atoms with Crippen LogP contribution in [0, 0.1) is 6.92 Å². The fourth-order valence-corrected chi connectivity index (χ4v) is 3.69. The number of aliphatic hydroxyl groups excluding tert-OH is 1. The smallest absolute Gasteiger partial charge is 0.277 e. The molecule has 4 aromatic rings. The second kappa shape index (κ2) is 7.72. The van der Waals surface area contributed by atoms with Gasteiger partial charge in [0.15, 0.2) is 0 Å². The maximum atomic E-state index is 9.40. The van der Waals surface area contributed by atoms with Crippen molar-refractivity contribution in [2.75, 3.05) is 6.61 Å².